The van der Waals surface area contributed by atoms with Crippen LogP contribution in [0.1, 0.15) is 10.5 Å². The molecule has 0 atom stereocenters. The maximum absolute atomic E-state index is 10.7. The van der Waals surface area contributed by atoms with Gasteiger partial charge in [-0.2, -0.15) is 5.10 Å². The van der Waals surface area contributed by atoms with Crippen LogP contribution in [-0.4, -0.2) is 33.2 Å². The number of benzene rings is 1. The van der Waals surface area contributed by atoms with Gasteiger partial charge in [-0.3, -0.25) is 0 Å². The standard InChI is InChI=1S/C10H9N3O3/c1-16-9-5-3-2-4-8(9)13-11-6-7(12-13)10(14)15/h2-6H,1H3,(H,14,15). The first kappa shape index (κ1) is 10.2. The Labute approximate surface area is 91.1 Å². The zero-order chi connectivity index (χ0) is 11.5. The number of aromatic carboxylic acids is 1. The summed E-state index contributed by atoms with van der Waals surface area (Å²) in [6.07, 6.45) is 1.19. The minimum Gasteiger partial charge on any atom is -0.494 e. The Bertz CT molecular complexity index is 522. The number of hydrogen-bond acceptors (Lipinski definition) is 4. The number of para-hydroxylation sites is 2. The largest absolute Gasteiger partial charge is 0.494 e. The first-order chi connectivity index (χ1) is 7.72. The molecule has 16 heavy (non-hydrogen) atoms. The molecule has 0 fully saturated rings. The number of carbonyl (C=O) groups is 1. The highest BCUT2D eigenvalue weighted by atomic mass is 16.5. The molecule has 0 saturated carbocycles. The van der Waals surface area contributed by atoms with Crippen LogP contribution < -0.4 is 4.74 Å². The molecule has 0 radical (unpaired) electrons. The molecule has 0 spiro atoms. The van der Waals surface area contributed by atoms with E-state index in [0.29, 0.717) is 11.4 Å². The van der Waals surface area contributed by atoms with Crippen molar-refractivity contribution in [1.82, 2.24) is 15.0 Å². The molecular formula is C10H9N3O3. The maximum Gasteiger partial charge on any atom is 0.358 e. The molecule has 0 amide bonds. The van der Waals surface area contributed by atoms with Crippen LogP contribution in [0.3, 0.4) is 0 Å². The highest BCUT2D eigenvalue weighted by molar-refractivity contribution is 5.84. The van der Waals surface area contributed by atoms with Crippen molar-refractivity contribution in [2.45, 2.75) is 0 Å². The van der Waals surface area contributed by atoms with Crippen LogP contribution in [-0.2, 0) is 0 Å². The number of hydrogen-bond donors (Lipinski definition) is 1. The second kappa shape index (κ2) is 4.01. The van der Waals surface area contributed by atoms with Gasteiger partial charge >= 0.3 is 5.97 Å². The number of ether oxygens (including phenoxy) is 1. The molecule has 0 aliphatic carbocycles. The molecule has 6 heteroatoms. The van der Waals surface area contributed by atoms with E-state index in [-0.39, 0.29) is 5.69 Å². The van der Waals surface area contributed by atoms with Crippen LogP contribution in [0.2, 0.25) is 0 Å². The molecule has 1 aromatic carbocycles. The summed E-state index contributed by atoms with van der Waals surface area (Å²) >= 11 is 0. The van der Waals surface area contributed by atoms with E-state index in [2.05, 4.69) is 10.2 Å². The van der Waals surface area contributed by atoms with E-state index >= 15 is 0 Å². The quantitative estimate of drug-likeness (QED) is 0.832. The Kier molecular flexibility index (Phi) is 2.55. The second-order valence-corrected chi connectivity index (χ2v) is 3.00. The van der Waals surface area contributed by atoms with Gasteiger partial charge in [-0.1, -0.05) is 12.1 Å². The number of aromatic nitrogens is 3. The molecule has 1 N–H and O–H groups in total. The van der Waals surface area contributed by atoms with Gasteiger partial charge in [0, 0.05) is 0 Å². The molecule has 0 unspecified atom stereocenters. The van der Waals surface area contributed by atoms with Crippen LogP contribution in [0.25, 0.3) is 5.69 Å². The molecule has 2 aromatic rings. The highest BCUT2D eigenvalue weighted by Crippen LogP contribution is 2.20. The average Bonchev–Trinajstić information content (AvgIpc) is 2.78. The first-order valence-electron chi connectivity index (χ1n) is 4.51. The summed E-state index contributed by atoms with van der Waals surface area (Å²) in [5, 5.41) is 16.4. The minimum atomic E-state index is -1.11. The van der Waals surface area contributed by atoms with Crippen molar-refractivity contribution in [1.29, 1.82) is 0 Å². The van der Waals surface area contributed by atoms with Crippen molar-refractivity contribution in [3.05, 3.63) is 36.2 Å². The summed E-state index contributed by atoms with van der Waals surface area (Å²) in [6.45, 7) is 0. The zero-order valence-electron chi connectivity index (χ0n) is 8.49. The van der Waals surface area contributed by atoms with Crippen LogP contribution in [0.4, 0.5) is 0 Å². The Morgan fingerprint density at radius 1 is 1.44 bits per heavy atom. The lowest BCUT2D eigenvalue weighted by Crippen LogP contribution is -2.03. The number of nitrogens with zero attached hydrogens (tertiary/aromatic N) is 3. The monoisotopic (exact) mass is 219 g/mol. The van der Waals surface area contributed by atoms with Gasteiger partial charge in [0.25, 0.3) is 0 Å². The summed E-state index contributed by atoms with van der Waals surface area (Å²) in [5.74, 6) is -0.531. The molecule has 1 heterocycles. The van der Waals surface area contributed by atoms with E-state index < -0.39 is 5.97 Å². The average molecular weight is 219 g/mol. The van der Waals surface area contributed by atoms with Gasteiger partial charge in [-0.15, -0.1) is 9.90 Å². The molecule has 6 nitrogen and oxygen atoms in total. The van der Waals surface area contributed by atoms with Gasteiger partial charge < -0.3 is 9.84 Å². The van der Waals surface area contributed by atoms with E-state index in [9.17, 15) is 4.79 Å². The molecule has 2 rings (SSSR count). The van der Waals surface area contributed by atoms with E-state index in [1.807, 2.05) is 6.07 Å². The summed E-state index contributed by atoms with van der Waals surface area (Å²) < 4.78 is 5.12. The van der Waals surface area contributed by atoms with Crippen molar-refractivity contribution in [2.24, 2.45) is 0 Å². The predicted octanol–water partition coefficient (Wildman–Crippen LogP) is 0.974. The van der Waals surface area contributed by atoms with Gasteiger partial charge in [0.1, 0.15) is 11.4 Å². The summed E-state index contributed by atoms with van der Waals surface area (Å²) in [6, 6.07) is 7.09. The van der Waals surface area contributed by atoms with Crippen LogP contribution in [0.5, 0.6) is 5.75 Å². The molecular weight excluding hydrogens is 210 g/mol. The van der Waals surface area contributed by atoms with Gasteiger partial charge in [0.05, 0.1) is 13.3 Å². The van der Waals surface area contributed by atoms with E-state index in [1.165, 1.54) is 18.1 Å². The van der Waals surface area contributed by atoms with Crippen LogP contribution in [0.15, 0.2) is 30.5 Å². The molecule has 82 valence electrons. The third-order valence-electron chi connectivity index (χ3n) is 2.01. The predicted molar refractivity (Wildman–Crippen MR) is 54.9 cm³/mol. The van der Waals surface area contributed by atoms with Crippen LogP contribution in [0, 0.1) is 0 Å². The third kappa shape index (κ3) is 1.72. The molecule has 0 bridgehead atoms. The number of methoxy groups -OCH3 is 1. The Balaban J connectivity index is 2.46. The minimum absolute atomic E-state index is 0.106. The van der Waals surface area contributed by atoms with Crippen molar-refractivity contribution < 1.29 is 14.6 Å². The first-order valence-corrected chi connectivity index (χ1v) is 4.51. The van der Waals surface area contributed by atoms with Crippen molar-refractivity contribution in [3.63, 3.8) is 0 Å². The fourth-order valence-corrected chi connectivity index (χ4v) is 1.27. The topological polar surface area (TPSA) is 77.2 Å². The maximum atomic E-state index is 10.7. The summed E-state index contributed by atoms with van der Waals surface area (Å²) in [7, 11) is 1.53. The number of carboxylic acid groups (broad SMARTS) is 1. The van der Waals surface area contributed by atoms with Crippen molar-refractivity contribution >= 4 is 5.97 Å². The lowest BCUT2D eigenvalue weighted by Gasteiger charge is -2.05. The fourth-order valence-electron chi connectivity index (χ4n) is 1.27. The molecule has 0 saturated heterocycles. The van der Waals surface area contributed by atoms with Gasteiger partial charge in [-0.05, 0) is 12.1 Å². The van der Waals surface area contributed by atoms with Crippen molar-refractivity contribution in [2.75, 3.05) is 7.11 Å². The van der Waals surface area contributed by atoms with E-state index in [4.69, 9.17) is 9.84 Å². The van der Waals surface area contributed by atoms with Gasteiger partial charge in [0.2, 0.25) is 0 Å². The smallest absolute Gasteiger partial charge is 0.358 e. The summed E-state index contributed by atoms with van der Waals surface area (Å²) in [4.78, 5) is 11.9. The lowest BCUT2D eigenvalue weighted by molar-refractivity contribution is 0.0690. The molecule has 1 aromatic heterocycles. The molecule has 0 aliphatic heterocycles. The highest BCUT2D eigenvalue weighted by Gasteiger charge is 2.11. The van der Waals surface area contributed by atoms with Crippen molar-refractivity contribution in [3.8, 4) is 11.4 Å². The van der Waals surface area contributed by atoms with Gasteiger partial charge in [0.15, 0.2) is 5.69 Å². The Hall–Kier alpha value is -2.37. The van der Waals surface area contributed by atoms with Gasteiger partial charge in [-0.25, -0.2) is 4.79 Å². The normalized spacial score (nSPS) is 10.1. The Morgan fingerprint density at radius 3 is 2.81 bits per heavy atom. The fraction of sp³-hybridized carbons (Fsp3) is 0.100. The zero-order valence-corrected chi connectivity index (χ0v) is 8.49. The Morgan fingerprint density at radius 2 is 2.19 bits per heavy atom. The third-order valence-corrected chi connectivity index (χ3v) is 2.01. The number of carboxylic acids is 1. The second-order valence-electron chi connectivity index (χ2n) is 3.00. The van der Waals surface area contributed by atoms with E-state index in [0.717, 1.165) is 0 Å². The number of rotatable bonds is 3. The molecule has 0 aliphatic rings. The lowest BCUT2D eigenvalue weighted by atomic mass is 10.3. The van der Waals surface area contributed by atoms with Crippen LogP contribution >= 0.6 is 0 Å². The SMILES string of the molecule is COc1ccccc1-n1ncc(C(=O)O)n1. The summed E-state index contributed by atoms with van der Waals surface area (Å²) in [5.41, 5.74) is 0.489. The van der Waals surface area contributed by atoms with E-state index in [1.54, 1.807) is 18.2 Å².